The maximum atomic E-state index is 10.5. The zero-order valence-electron chi connectivity index (χ0n) is 8.31. The van der Waals surface area contributed by atoms with Gasteiger partial charge in [0.15, 0.2) is 0 Å². The molecule has 86 valence electrons. The molecule has 0 aliphatic carbocycles. The fourth-order valence-corrected chi connectivity index (χ4v) is 0.596. The number of carbonyl (C=O) groups is 2. The number of carbonyl (C=O) groups excluding carboxylic acids is 1. The molecule has 0 saturated carbocycles. The van der Waals surface area contributed by atoms with Gasteiger partial charge in [0.2, 0.25) is 0 Å². The van der Waals surface area contributed by atoms with Gasteiger partial charge in [0.1, 0.15) is 13.4 Å². The first-order valence-electron chi connectivity index (χ1n) is 4.33. The minimum absolute atomic E-state index is 0.0150. The van der Waals surface area contributed by atoms with Crippen LogP contribution in [0.15, 0.2) is 12.7 Å². The SMILES string of the molecule is C=CC(=O)OCCOCOCCC(=O)O. The van der Waals surface area contributed by atoms with Crippen molar-refractivity contribution in [2.75, 3.05) is 26.6 Å². The van der Waals surface area contributed by atoms with Gasteiger partial charge in [-0.05, 0) is 0 Å². The molecule has 0 aromatic heterocycles. The van der Waals surface area contributed by atoms with E-state index in [0.29, 0.717) is 0 Å². The van der Waals surface area contributed by atoms with E-state index in [4.69, 9.17) is 14.6 Å². The predicted molar refractivity (Wildman–Crippen MR) is 50.2 cm³/mol. The van der Waals surface area contributed by atoms with Crippen molar-refractivity contribution < 1.29 is 28.9 Å². The summed E-state index contributed by atoms with van der Waals surface area (Å²) in [7, 11) is 0. The smallest absolute Gasteiger partial charge is 0.330 e. The number of carboxylic acid groups (broad SMARTS) is 1. The Morgan fingerprint density at radius 1 is 1.20 bits per heavy atom. The number of aliphatic carboxylic acids is 1. The molecule has 15 heavy (non-hydrogen) atoms. The molecule has 0 unspecified atom stereocenters. The van der Waals surface area contributed by atoms with Gasteiger partial charge in [-0.1, -0.05) is 6.58 Å². The molecule has 0 saturated heterocycles. The number of carboxylic acids is 1. The first-order chi connectivity index (χ1) is 7.16. The summed E-state index contributed by atoms with van der Waals surface area (Å²) in [6.07, 6.45) is 0.998. The number of hydrogen-bond donors (Lipinski definition) is 1. The average molecular weight is 218 g/mol. The maximum absolute atomic E-state index is 10.5. The minimum atomic E-state index is -0.921. The molecule has 0 heterocycles. The van der Waals surface area contributed by atoms with E-state index < -0.39 is 11.9 Å². The highest BCUT2D eigenvalue weighted by Crippen LogP contribution is 1.85. The van der Waals surface area contributed by atoms with Crippen molar-refractivity contribution in [2.24, 2.45) is 0 Å². The quantitative estimate of drug-likeness (QED) is 0.257. The first kappa shape index (κ1) is 13.6. The Kier molecular flexibility index (Phi) is 8.31. The lowest BCUT2D eigenvalue weighted by atomic mass is 10.5. The van der Waals surface area contributed by atoms with Crippen LogP contribution < -0.4 is 0 Å². The van der Waals surface area contributed by atoms with Gasteiger partial charge >= 0.3 is 11.9 Å². The van der Waals surface area contributed by atoms with Crippen LogP contribution in [-0.2, 0) is 23.8 Å². The average Bonchev–Trinajstić information content (AvgIpc) is 2.21. The molecule has 0 fully saturated rings. The summed E-state index contributed by atoms with van der Waals surface area (Å²) >= 11 is 0. The van der Waals surface area contributed by atoms with Crippen LogP contribution in [0.1, 0.15) is 6.42 Å². The highest BCUT2D eigenvalue weighted by molar-refractivity contribution is 5.81. The molecule has 0 bridgehead atoms. The summed E-state index contributed by atoms with van der Waals surface area (Å²) in [4.78, 5) is 20.6. The summed E-state index contributed by atoms with van der Waals surface area (Å²) in [5, 5.41) is 8.25. The monoisotopic (exact) mass is 218 g/mol. The Bertz CT molecular complexity index is 213. The van der Waals surface area contributed by atoms with Crippen molar-refractivity contribution in [1.29, 1.82) is 0 Å². The molecule has 0 amide bonds. The largest absolute Gasteiger partial charge is 0.481 e. The number of rotatable bonds is 9. The van der Waals surface area contributed by atoms with E-state index in [9.17, 15) is 9.59 Å². The molecule has 0 spiro atoms. The van der Waals surface area contributed by atoms with Crippen molar-refractivity contribution in [3.05, 3.63) is 12.7 Å². The van der Waals surface area contributed by atoms with E-state index in [1.54, 1.807) is 0 Å². The second-order valence-electron chi connectivity index (χ2n) is 2.45. The van der Waals surface area contributed by atoms with Crippen LogP contribution >= 0.6 is 0 Å². The highest BCUT2D eigenvalue weighted by Gasteiger charge is 1.97. The van der Waals surface area contributed by atoms with Crippen molar-refractivity contribution in [3.8, 4) is 0 Å². The molecule has 6 heteroatoms. The van der Waals surface area contributed by atoms with E-state index in [1.165, 1.54) is 0 Å². The summed E-state index contributed by atoms with van der Waals surface area (Å²) in [6, 6.07) is 0. The van der Waals surface area contributed by atoms with E-state index >= 15 is 0 Å². The Labute approximate surface area is 87.4 Å². The molecule has 0 aromatic carbocycles. The van der Waals surface area contributed by atoms with E-state index in [2.05, 4.69) is 11.3 Å². The Balaban J connectivity index is 3.08. The van der Waals surface area contributed by atoms with Gasteiger partial charge in [-0.3, -0.25) is 4.79 Å². The molecule has 0 atom stereocenters. The maximum Gasteiger partial charge on any atom is 0.330 e. The molecule has 0 rings (SSSR count). The topological polar surface area (TPSA) is 82.1 Å². The van der Waals surface area contributed by atoms with E-state index in [0.717, 1.165) is 6.08 Å². The standard InChI is InChI=1S/C9H14O6/c1-2-9(12)15-6-5-14-7-13-4-3-8(10)11/h2H,1,3-7H2,(H,10,11). The van der Waals surface area contributed by atoms with Crippen LogP contribution in [0, 0.1) is 0 Å². The van der Waals surface area contributed by atoms with E-state index in [-0.39, 0.29) is 33.0 Å². The van der Waals surface area contributed by atoms with Crippen molar-refractivity contribution in [1.82, 2.24) is 0 Å². The Morgan fingerprint density at radius 2 is 1.87 bits per heavy atom. The Morgan fingerprint density at radius 3 is 2.47 bits per heavy atom. The van der Waals surface area contributed by atoms with Crippen molar-refractivity contribution in [2.45, 2.75) is 6.42 Å². The van der Waals surface area contributed by atoms with Gasteiger partial charge < -0.3 is 19.3 Å². The van der Waals surface area contributed by atoms with Gasteiger partial charge in [-0.2, -0.15) is 0 Å². The fraction of sp³-hybridized carbons (Fsp3) is 0.556. The molecule has 1 N–H and O–H groups in total. The van der Waals surface area contributed by atoms with Crippen LogP contribution in [0.3, 0.4) is 0 Å². The van der Waals surface area contributed by atoms with Crippen LogP contribution in [0.5, 0.6) is 0 Å². The lowest BCUT2D eigenvalue weighted by Gasteiger charge is -2.04. The van der Waals surface area contributed by atoms with Crippen LogP contribution in [0.25, 0.3) is 0 Å². The second kappa shape index (κ2) is 9.17. The first-order valence-corrected chi connectivity index (χ1v) is 4.33. The van der Waals surface area contributed by atoms with Gasteiger partial charge in [0.25, 0.3) is 0 Å². The number of ether oxygens (including phenoxy) is 3. The zero-order valence-corrected chi connectivity index (χ0v) is 8.31. The third-order valence-electron chi connectivity index (χ3n) is 1.27. The molecule has 0 aliphatic heterocycles. The lowest BCUT2D eigenvalue weighted by Crippen LogP contribution is -2.11. The number of esters is 1. The van der Waals surface area contributed by atoms with E-state index in [1.807, 2.05) is 0 Å². The Hall–Kier alpha value is -1.40. The normalized spacial score (nSPS) is 9.60. The number of hydrogen-bond acceptors (Lipinski definition) is 5. The molecular weight excluding hydrogens is 204 g/mol. The van der Waals surface area contributed by atoms with Gasteiger partial charge in [0.05, 0.1) is 19.6 Å². The van der Waals surface area contributed by atoms with Gasteiger partial charge in [0, 0.05) is 6.08 Å². The second-order valence-corrected chi connectivity index (χ2v) is 2.45. The van der Waals surface area contributed by atoms with Crippen molar-refractivity contribution in [3.63, 3.8) is 0 Å². The molecular formula is C9H14O6. The van der Waals surface area contributed by atoms with Crippen LogP contribution in [-0.4, -0.2) is 43.7 Å². The summed E-state index contributed by atoms with van der Waals surface area (Å²) in [5.74, 6) is -1.43. The molecule has 0 aromatic rings. The molecule has 0 aliphatic rings. The summed E-state index contributed by atoms with van der Waals surface area (Å²) in [6.45, 7) is 3.62. The molecule has 0 radical (unpaired) electrons. The highest BCUT2D eigenvalue weighted by atomic mass is 16.7. The molecule has 6 nitrogen and oxygen atoms in total. The zero-order chi connectivity index (χ0) is 11.5. The third kappa shape index (κ3) is 10.5. The van der Waals surface area contributed by atoms with Gasteiger partial charge in [-0.25, -0.2) is 4.79 Å². The lowest BCUT2D eigenvalue weighted by molar-refractivity contribution is -0.144. The van der Waals surface area contributed by atoms with Crippen LogP contribution in [0.4, 0.5) is 0 Å². The fourth-order valence-electron chi connectivity index (χ4n) is 0.596. The summed E-state index contributed by atoms with van der Waals surface area (Å²) in [5.41, 5.74) is 0. The minimum Gasteiger partial charge on any atom is -0.481 e. The predicted octanol–water partition coefficient (Wildman–Crippen LogP) is 0.181. The van der Waals surface area contributed by atoms with Gasteiger partial charge in [-0.15, -0.1) is 0 Å². The third-order valence-corrected chi connectivity index (χ3v) is 1.27. The van der Waals surface area contributed by atoms with Crippen LogP contribution in [0.2, 0.25) is 0 Å². The summed E-state index contributed by atoms with van der Waals surface area (Å²) < 4.78 is 14.3. The van der Waals surface area contributed by atoms with Crippen molar-refractivity contribution >= 4 is 11.9 Å².